The van der Waals surface area contributed by atoms with Crippen LogP contribution < -0.4 is 18.9 Å². The normalized spacial score (nSPS) is 12.5. The Morgan fingerprint density at radius 1 is 0.208 bits per heavy atom. The number of hydrogen-bond donors (Lipinski definition) is 2. The molecule has 0 saturated carbocycles. The van der Waals surface area contributed by atoms with Gasteiger partial charge in [-0.3, -0.25) is 0 Å². The summed E-state index contributed by atoms with van der Waals surface area (Å²) >= 11 is 0. The van der Waals surface area contributed by atoms with Gasteiger partial charge in [-0.25, -0.2) is 0 Å². The molecule has 106 heavy (non-hydrogen) atoms. The zero-order valence-corrected chi connectivity index (χ0v) is 60.0. The lowest BCUT2D eigenvalue weighted by Crippen LogP contribution is -2.28. The van der Waals surface area contributed by atoms with Crippen LogP contribution in [0.5, 0.6) is 57.5 Å². The summed E-state index contributed by atoms with van der Waals surface area (Å²) < 4.78 is 24.8. The third kappa shape index (κ3) is 13.1. The van der Waals surface area contributed by atoms with Gasteiger partial charge in [0.25, 0.3) is 0 Å². The van der Waals surface area contributed by atoms with E-state index in [1.807, 2.05) is 86.6 Å². The molecule has 2 N–H and O–H groups in total. The van der Waals surface area contributed by atoms with Crippen molar-refractivity contribution in [2.75, 3.05) is 0 Å². The van der Waals surface area contributed by atoms with Crippen LogP contribution in [-0.4, -0.2) is 10.2 Å². The van der Waals surface area contributed by atoms with Crippen molar-refractivity contribution in [3.05, 3.63) is 430 Å². The van der Waals surface area contributed by atoms with E-state index in [9.17, 15) is 10.2 Å². The van der Waals surface area contributed by atoms with Crippen molar-refractivity contribution in [1.82, 2.24) is 0 Å². The molecule has 0 fully saturated rings. The lowest BCUT2D eigenvalue weighted by atomic mass is 9.67. The molecular formula is C100H78O6. The van der Waals surface area contributed by atoms with Gasteiger partial charge < -0.3 is 29.2 Å². The maximum Gasteiger partial charge on any atom is 0.128 e. The molecule has 18 rings (SSSR count). The molecule has 16 aromatic rings. The summed E-state index contributed by atoms with van der Waals surface area (Å²) in [5, 5.41) is 23.9. The van der Waals surface area contributed by atoms with Crippen molar-refractivity contribution in [3.63, 3.8) is 0 Å². The van der Waals surface area contributed by atoms with Gasteiger partial charge in [0.1, 0.15) is 57.5 Å². The second-order valence-electron chi connectivity index (χ2n) is 27.8. The molecule has 0 radical (unpaired) electrons. The molecule has 6 heteroatoms. The van der Waals surface area contributed by atoms with Gasteiger partial charge in [0.05, 0.1) is 10.8 Å². The summed E-state index contributed by atoms with van der Waals surface area (Å²) in [6, 6.07) is 123. The van der Waals surface area contributed by atoms with E-state index in [1.54, 1.807) is 12.1 Å². The largest absolute Gasteiger partial charge is 0.508 e. The number of hydrogen-bond acceptors (Lipinski definition) is 6. The second kappa shape index (κ2) is 28.6. The third-order valence-electron chi connectivity index (χ3n) is 20.7. The number of phenolic OH excluding ortho intramolecular Hbond substituents is 2. The van der Waals surface area contributed by atoms with Crippen molar-refractivity contribution in [2.45, 2.75) is 52.4 Å². The van der Waals surface area contributed by atoms with Crippen LogP contribution in [0, 0.1) is 41.5 Å². The van der Waals surface area contributed by atoms with Gasteiger partial charge in [-0.15, -0.1) is 0 Å². The Balaban J connectivity index is 0.000000136. The van der Waals surface area contributed by atoms with Gasteiger partial charge in [-0.1, -0.05) is 253 Å². The molecule has 514 valence electrons. The summed E-state index contributed by atoms with van der Waals surface area (Å²) in [7, 11) is 0. The van der Waals surface area contributed by atoms with Crippen LogP contribution in [-0.2, 0) is 10.8 Å². The SMILES string of the molecule is Cc1ccc(-c2ccc(C)c(O)c2)cc1O.Cc1ccc(Oc2ccc(C3(c4ccc(Oc5ccc(C)cc5)cc4)c4ccccc4-c4ccccc43)cc2)cc1.Cc1ccc(Oc2ccc3cc(C4(c5ccc6cc(Oc7ccc(C)cc7)ccc6c5)c5ccccc5-c5ccccc54)ccc3c2)cc1. The first kappa shape index (κ1) is 67.3. The molecule has 0 atom stereocenters. The summed E-state index contributed by atoms with van der Waals surface area (Å²) in [6.07, 6.45) is 0. The quantitative estimate of drug-likeness (QED) is 0.120. The Hall–Kier alpha value is -13.2. The van der Waals surface area contributed by atoms with E-state index < -0.39 is 10.8 Å². The summed E-state index contributed by atoms with van der Waals surface area (Å²) in [4.78, 5) is 0. The summed E-state index contributed by atoms with van der Waals surface area (Å²) in [5.41, 5.74) is 22.5. The minimum atomic E-state index is -0.496. The highest BCUT2D eigenvalue weighted by Crippen LogP contribution is 2.58. The first-order chi connectivity index (χ1) is 51.7. The van der Waals surface area contributed by atoms with E-state index in [4.69, 9.17) is 18.9 Å². The van der Waals surface area contributed by atoms with E-state index in [-0.39, 0.29) is 11.5 Å². The number of aromatic hydroxyl groups is 2. The average molecular weight is 1380 g/mol. The first-order valence-electron chi connectivity index (χ1n) is 36.0. The minimum absolute atomic E-state index is 0.276. The Bertz CT molecular complexity index is 5530. The predicted molar refractivity (Wildman–Crippen MR) is 432 cm³/mol. The molecule has 0 amide bonds. The van der Waals surface area contributed by atoms with Crippen LogP contribution in [0.15, 0.2) is 352 Å². The molecule has 0 aromatic heterocycles. The minimum Gasteiger partial charge on any atom is -0.508 e. The fraction of sp³-hybridized carbons (Fsp3) is 0.0800. The highest BCUT2D eigenvalue weighted by molar-refractivity contribution is 5.93. The maximum atomic E-state index is 9.62. The van der Waals surface area contributed by atoms with Crippen molar-refractivity contribution < 1.29 is 29.2 Å². The molecule has 16 aromatic carbocycles. The number of phenols is 2. The smallest absolute Gasteiger partial charge is 0.128 e. The van der Waals surface area contributed by atoms with Crippen LogP contribution in [0.2, 0.25) is 0 Å². The predicted octanol–water partition coefficient (Wildman–Crippen LogP) is 26.2. The molecule has 2 aliphatic rings. The lowest BCUT2D eigenvalue weighted by Gasteiger charge is -2.34. The molecule has 0 bridgehead atoms. The Morgan fingerprint density at radius 3 is 0.745 bits per heavy atom. The molecule has 0 aliphatic heterocycles. The highest BCUT2D eigenvalue weighted by atomic mass is 16.5. The molecule has 2 aliphatic carbocycles. The van der Waals surface area contributed by atoms with Crippen molar-refractivity contribution in [1.29, 1.82) is 0 Å². The standard InChI is InChI=1S/C47H34O2.C39H30O2.C14H14O2/c1-31-11-21-39(22-12-31)48-41-25-17-33-27-37(19-15-35(33)29-41)47(45-9-5-3-7-43(45)44-8-4-6-10-46(44)47)38-20-16-36-30-42(26-18-34(36)28-38)49-40-23-13-32(2)14-24-40;1-27-11-19-31(20-12-27)40-33-23-15-29(16-24-33)39(37-9-5-3-7-35(37)36-8-4-6-10-38(36)39)30-17-25-34(26-18-30)41-32-21-13-28(2)14-22-32;1-9-3-5-11(7-13(9)15)12-6-4-10(2)14(16)8-12/h3-30H,1-2H3;3-26H,1-2H3;3-8,15-16H,1-2H3. The number of aryl methyl sites for hydroxylation is 6. The van der Waals surface area contributed by atoms with E-state index >= 15 is 0 Å². The monoisotopic (exact) mass is 1370 g/mol. The number of ether oxygens (including phenoxy) is 4. The summed E-state index contributed by atoms with van der Waals surface area (Å²) in [6.45, 7) is 12.0. The molecule has 0 unspecified atom stereocenters. The van der Waals surface area contributed by atoms with Crippen molar-refractivity contribution in [3.8, 4) is 90.9 Å². The topological polar surface area (TPSA) is 77.4 Å². The van der Waals surface area contributed by atoms with Crippen LogP contribution in [0.4, 0.5) is 0 Å². The van der Waals surface area contributed by atoms with Gasteiger partial charge in [0.15, 0.2) is 0 Å². The Labute approximate surface area is 619 Å². The zero-order chi connectivity index (χ0) is 72.5. The van der Waals surface area contributed by atoms with Crippen molar-refractivity contribution in [2.24, 2.45) is 0 Å². The van der Waals surface area contributed by atoms with E-state index in [1.165, 1.54) is 99.8 Å². The van der Waals surface area contributed by atoms with Gasteiger partial charge in [0, 0.05) is 0 Å². The Kier molecular flexibility index (Phi) is 18.2. The number of benzene rings is 16. The molecule has 6 nitrogen and oxygen atoms in total. The van der Waals surface area contributed by atoms with Crippen LogP contribution in [0.25, 0.3) is 54.9 Å². The highest BCUT2D eigenvalue weighted by Gasteiger charge is 2.47. The average Bonchev–Trinajstić information content (AvgIpc) is 1.54. The summed E-state index contributed by atoms with van der Waals surface area (Å²) in [5.74, 6) is 7.18. The molecular weight excluding hydrogens is 1300 g/mol. The number of rotatable bonds is 13. The van der Waals surface area contributed by atoms with E-state index in [0.717, 1.165) is 79.0 Å². The van der Waals surface area contributed by atoms with Crippen LogP contribution in [0.3, 0.4) is 0 Å². The molecule has 0 heterocycles. The van der Waals surface area contributed by atoms with Gasteiger partial charge in [0.2, 0.25) is 0 Å². The number of fused-ring (bicyclic) bond motifs is 8. The van der Waals surface area contributed by atoms with Crippen LogP contribution in [0.1, 0.15) is 77.9 Å². The van der Waals surface area contributed by atoms with E-state index in [2.05, 4.69) is 295 Å². The zero-order valence-electron chi connectivity index (χ0n) is 60.0. The fourth-order valence-corrected chi connectivity index (χ4v) is 15.2. The second-order valence-corrected chi connectivity index (χ2v) is 27.8. The molecule has 0 saturated heterocycles. The first-order valence-corrected chi connectivity index (χ1v) is 36.0. The third-order valence-corrected chi connectivity index (χ3v) is 20.7. The van der Waals surface area contributed by atoms with Crippen LogP contribution >= 0.6 is 0 Å². The van der Waals surface area contributed by atoms with Gasteiger partial charge in [-0.2, -0.15) is 0 Å². The van der Waals surface area contributed by atoms with Gasteiger partial charge in [-0.05, 0) is 273 Å². The fourth-order valence-electron chi connectivity index (χ4n) is 15.2. The van der Waals surface area contributed by atoms with E-state index in [0.29, 0.717) is 0 Å². The molecule has 0 spiro atoms. The lowest BCUT2D eigenvalue weighted by molar-refractivity contribution is 0.470. The van der Waals surface area contributed by atoms with Crippen molar-refractivity contribution >= 4 is 21.5 Å². The van der Waals surface area contributed by atoms with Gasteiger partial charge >= 0.3 is 0 Å². The maximum absolute atomic E-state index is 9.62. The Morgan fingerprint density at radius 2 is 0.443 bits per heavy atom.